The van der Waals surface area contributed by atoms with Crippen molar-refractivity contribution in [1.29, 1.82) is 0 Å². The molecule has 0 bridgehead atoms. The SMILES string of the molecule is CC.CC1NC=C(NC(=O)CN2CCOCC2)C=C1NC(=O)c1cnn2cc(-c3cnn(C)c3)sc12. The topological polar surface area (TPSA) is 118 Å². The maximum atomic E-state index is 13.1. The molecule has 2 amide bonds. The second-order valence-electron chi connectivity index (χ2n) is 8.28. The Morgan fingerprint density at radius 3 is 2.67 bits per heavy atom. The highest BCUT2D eigenvalue weighted by atomic mass is 32.1. The molecule has 2 aliphatic rings. The van der Waals surface area contributed by atoms with E-state index in [1.54, 1.807) is 33.9 Å². The molecule has 3 N–H and O–H groups in total. The summed E-state index contributed by atoms with van der Waals surface area (Å²) in [6.07, 6.45) is 10.7. The Morgan fingerprint density at radius 1 is 1.17 bits per heavy atom. The first-order valence-corrected chi connectivity index (χ1v) is 12.8. The third-order valence-electron chi connectivity index (χ3n) is 5.71. The number of nitrogens with one attached hydrogen (secondary N) is 3. The number of morpholine rings is 1. The first-order valence-electron chi connectivity index (χ1n) is 12.0. The van der Waals surface area contributed by atoms with E-state index >= 15 is 0 Å². The first kappa shape index (κ1) is 25.6. The highest BCUT2D eigenvalue weighted by molar-refractivity contribution is 7.21. The molecule has 36 heavy (non-hydrogen) atoms. The number of ether oxygens (including phenoxy) is 1. The predicted molar refractivity (Wildman–Crippen MR) is 138 cm³/mol. The van der Waals surface area contributed by atoms with Gasteiger partial charge in [0.1, 0.15) is 4.83 Å². The van der Waals surface area contributed by atoms with E-state index in [9.17, 15) is 9.59 Å². The van der Waals surface area contributed by atoms with E-state index in [0.29, 0.717) is 36.7 Å². The Balaban J connectivity index is 0.00000148. The number of hydrogen-bond acceptors (Lipinski definition) is 8. The second kappa shape index (κ2) is 11.5. The average molecular weight is 513 g/mol. The van der Waals surface area contributed by atoms with Gasteiger partial charge in [0.15, 0.2) is 0 Å². The van der Waals surface area contributed by atoms with Crippen molar-refractivity contribution in [2.75, 3.05) is 32.8 Å². The molecule has 1 fully saturated rings. The molecule has 12 heteroatoms. The molecular formula is C24H32N8O3S. The van der Waals surface area contributed by atoms with Crippen LogP contribution in [0.5, 0.6) is 0 Å². The van der Waals surface area contributed by atoms with Crippen LogP contribution in [0.25, 0.3) is 15.3 Å². The number of rotatable bonds is 6. The number of hydrogen-bond donors (Lipinski definition) is 3. The normalized spacial score (nSPS) is 17.9. The fourth-order valence-corrected chi connectivity index (χ4v) is 4.87. The molecule has 192 valence electrons. The van der Waals surface area contributed by atoms with Crippen LogP contribution in [0, 0.1) is 0 Å². The summed E-state index contributed by atoms with van der Waals surface area (Å²) in [6.45, 7) is 9.00. The van der Waals surface area contributed by atoms with Crippen molar-refractivity contribution in [2.45, 2.75) is 26.8 Å². The van der Waals surface area contributed by atoms with Crippen LogP contribution in [0.2, 0.25) is 0 Å². The van der Waals surface area contributed by atoms with E-state index in [1.807, 2.05) is 40.2 Å². The number of dihydropyridines is 1. The molecule has 0 saturated carbocycles. The molecule has 0 radical (unpaired) electrons. The number of carbonyl (C=O) groups excluding carboxylic acids is 2. The van der Waals surface area contributed by atoms with Crippen LogP contribution in [0.4, 0.5) is 0 Å². The number of amides is 2. The number of fused-ring (bicyclic) bond motifs is 1. The molecule has 1 unspecified atom stereocenters. The number of thiazole rings is 1. The number of nitrogens with zero attached hydrogens (tertiary/aromatic N) is 5. The minimum Gasteiger partial charge on any atom is -0.381 e. The van der Waals surface area contributed by atoms with Gasteiger partial charge in [0.05, 0.1) is 54.3 Å². The zero-order valence-corrected chi connectivity index (χ0v) is 21.8. The molecule has 11 nitrogen and oxygen atoms in total. The van der Waals surface area contributed by atoms with Gasteiger partial charge in [0.2, 0.25) is 5.91 Å². The lowest BCUT2D eigenvalue weighted by Gasteiger charge is -2.27. The molecule has 5 heterocycles. The molecule has 1 saturated heterocycles. The fourth-order valence-electron chi connectivity index (χ4n) is 3.84. The quantitative estimate of drug-likeness (QED) is 0.460. The summed E-state index contributed by atoms with van der Waals surface area (Å²) in [5.41, 5.74) is 2.72. The maximum absolute atomic E-state index is 13.1. The molecule has 3 aromatic rings. The lowest BCUT2D eigenvalue weighted by molar-refractivity contribution is -0.122. The van der Waals surface area contributed by atoms with E-state index in [2.05, 4.69) is 31.0 Å². The third-order valence-corrected chi connectivity index (χ3v) is 6.87. The molecule has 5 rings (SSSR count). The van der Waals surface area contributed by atoms with Crippen LogP contribution in [0.15, 0.2) is 48.5 Å². The van der Waals surface area contributed by atoms with Crippen LogP contribution < -0.4 is 16.0 Å². The van der Waals surface area contributed by atoms with E-state index < -0.39 is 0 Å². The Morgan fingerprint density at radius 2 is 1.94 bits per heavy atom. The summed E-state index contributed by atoms with van der Waals surface area (Å²) < 4.78 is 8.76. The molecule has 3 aromatic heterocycles. The second-order valence-corrected chi connectivity index (χ2v) is 9.32. The van der Waals surface area contributed by atoms with E-state index in [-0.39, 0.29) is 17.9 Å². The lowest BCUT2D eigenvalue weighted by atomic mass is 10.1. The molecule has 1 atom stereocenters. The van der Waals surface area contributed by atoms with Crippen LogP contribution in [0.1, 0.15) is 31.1 Å². The highest BCUT2D eigenvalue weighted by Crippen LogP contribution is 2.30. The van der Waals surface area contributed by atoms with Gasteiger partial charge in [-0.15, -0.1) is 11.3 Å². The Labute approximate surface area is 213 Å². The van der Waals surface area contributed by atoms with E-state index in [1.165, 1.54) is 11.3 Å². The monoisotopic (exact) mass is 512 g/mol. The van der Waals surface area contributed by atoms with Crippen molar-refractivity contribution in [3.8, 4) is 10.4 Å². The Kier molecular flexibility index (Phi) is 8.18. The summed E-state index contributed by atoms with van der Waals surface area (Å²) in [4.78, 5) is 29.3. The first-order chi connectivity index (χ1) is 17.5. The summed E-state index contributed by atoms with van der Waals surface area (Å²) in [5.74, 6) is -0.360. The van der Waals surface area contributed by atoms with Crippen molar-refractivity contribution < 1.29 is 14.3 Å². The van der Waals surface area contributed by atoms with Crippen molar-refractivity contribution in [2.24, 2.45) is 7.05 Å². The number of carbonyl (C=O) groups is 2. The number of allylic oxidation sites excluding steroid dienone is 1. The minimum absolute atomic E-state index is 0.105. The van der Waals surface area contributed by atoms with Crippen molar-refractivity contribution >= 4 is 28.0 Å². The largest absolute Gasteiger partial charge is 0.381 e. The zero-order chi connectivity index (χ0) is 25.7. The molecular weight excluding hydrogens is 480 g/mol. The lowest BCUT2D eigenvalue weighted by Crippen LogP contribution is -2.44. The zero-order valence-electron chi connectivity index (χ0n) is 20.9. The van der Waals surface area contributed by atoms with Crippen LogP contribution >= 0.6 is 11.3 Å². The number of aryl methyl sites for hydroxylation is 1. The average Bonchev–Trinajstić information content (AvgIpc) is 3.59. The van der Waals surface area contributed by atoms with E-state index in [4.69, 9.17) is 4.74 Å². The van der Waals surface area contributed by atoms with Crippen LogP contribution in [0.3, 0.4) is 0 Å². The summed E-state index contributed by atoms with van der Waals surface area (Å²) in [6, 6.07) is -0.121. The van der Waals surface area contributed by atoms with Gasteiger partial charge in [-0.1, -0.05) is 13.8 Å². The maximum Gasteiger partial charge on any atom is 0.260 e. The highest BCUT2D eigenvalue weighted by Gasteiger charge is 2.22. The number of aromatic nitrogens is 4. The predicted octanol–water partition coefficient (Wildman–Crippen LogP) is 1.72. The minimum atomic E-state index is -0.254. The van der Waals surface area contributed by atoms with Crippen molar-refractivity contribution in [3.05, 3.63) is 54.0 Å². The third kappa shape index (κ3) is 5.83. The van der Waals surface area contributed by atoms with Crippen molar-refractivity contribution in [1.82, 2.24) is 40.2 Å². The van der Waals surface area contributed by atoms with Crippen LogP contribution in [-0.4, -0.2) is 75.0 Å². The summed E-state index contributed by atoms with van der Waals surface area (Å²) >= 11 is 1.48. The standard InChI is InChI=1S/C22H26N8O3S.C2H6/c1-14-18(7-16(9-23-14)26-20(31)13-29-3-5-33-6-4-29)27-21(32)17-10-25-30-12-19(34-22(17)30)15-8-24-28(2)11-15;1-2/h7-12,14,23H,3-6,13H2,1-2H3,(H,26,31)(H,27,32);1-2H3. The fraction of sp³-hybridized carbons (Fsp3) is 0.417. The molecule has 0 aromatic carbocycles. The molecule has 0 spiro atoms. The molecule has 0 aliphatic carbocycles. The van der Waals surface area contributed by atoms with Gasteiger partial charge in [-0.3, -0.25) is 19.2 Å². The Hall–Kier alpha value is -3.48. The van der Waals surface area contributed by atoms with Gasteiger partial charge < -0.3 is 20.7 Å². The van der Waals surface area contributed by atoms with Gasteiger partial charge in [0.25, 0.3) is 5.91 Å². The van der Waals surface area contributed by atoms with Gasteiger partial charge in [-0.25, -0.2) is 4.52 Å². The van der Waals surface area contributed by atoms with Crippen molar-refractivity contribution in [3.63, 3.8) is 0 Å². The Bertz CT molecular complexity index is 1280. The smallest absolute Gasteiger partial charge is 0.260 e. The molecule has 2 aliphatic heterocycles. The van der Waals surface area contributed by atoms with Gasteiger partial charge in [-0.05, 0) is 13.0 Å². The summed E-state index contributed by atoms with van der Waals surface area (Å²) in [7, 11) is 1.86. The van der Waals surface area contributed by atoms with Gasteiger partial charge in [-0.2, -0.15) is 10.2 Å². The van der Waals surface area contributed by atoms with E-state index in [0.717, 1.165) is 28.4 Å². The van der Waals surface area contributed by atoms with Gasteiger partial charge >= 0.3 is 0 Å². The summed E-state index contributed by atoms with van der Waals surface area (Å²) in [5, 5.41) is 17.6. The van der Waals surface area contributed by atoms with Gasteiger partial charge in [0, 0.05) is 50.0 Å². The van der Waals surface area contributed by atoms with Crippen LogP contribution in [-0.2, 0) is 16.6 Å².